The number of benzene rings is 2. The Labute approximate surface area is 157 Å². The first-order valence-electron chi connectivity index (χ1n) is 7.36. The number of amides is 1. The van der Waals surface area contributed by atoms with Crippen molar-refractivity contribution in [2.45, 2.75) is 17.9 Å². The average Bonchev–Trinajstić information content (AvgIpc) is 2.56. The number of carbonyl (C=O) groups is 1. The van der Waals surface area contributed by atoms with Gasteiger partial charge in [0, 0.05) is 23.1 Å². The van der Waals surface area contributed by atoms with Crippen LogP contribution in [0.3, 0.4) is 0 Å². The minimum atomic E-state index is -3.72. The molecule has 140 valence electrons. The summed E-state index contributed by atoms with van der Waals surface area (Å²) in [6.07, 6.45) is -0.0947. The first-order valence-corrected chi connectivity index (χ1v) is 9.64. The van der Waals surface area contributed by atoms with Crippen LogP contribution in [-0.2, 0) is 14.8 Å². The zero-order valence-corrected chi connectivity index (χ0v) is 15.7. The van der Waals surface area contributed by atoms with E-state index in [2.05, 4.69) is 30.7 Å². The molecule has 0 spiro atoms. The number of anilines is 1. The van der Waals surface area contributed by atoms with Crippen LogP contribution in [0.2, 0.25) is 0 Å². The van der Waals surface area contributed by atoms with Crippen LogP contribution in [0, 0.1) is 0 Å². The largest absolute Gasteiger partial charge is 0.435 e. The molecule has 0 fully saturated rings. The van der Waals surface area contributed by atoms with Crippen molar-refractivity contribution in [1.29, 1.82) is 0 Å². The Kier molecular flexibility index (Phi) is 7.06. The highest BCUT2D eigenvalue weighted by Crippen LogP contribution is 2.18. The van der Waals surface area contributed by atoms with Gasteiger partial charge in [0.15, 0.2) is 0 Å². The zero-order valence-electron chi connectivity index (χ0n) is 13.3. The lowest BCUT2D eigenvalue weighted by atomic mass is 10.3. The lowest BCUT2D eigenvalue weighted by molar-refractivity contribution is -0.116. The van der Waals surface area contributed by atoms with E-state index in [4.69, 9.17) is 0 Å². The number of hydrogen-bond donors (Lipinski definition) is 2. The summed E-state index contributed by atoms with van der Waals surface area (Å²) in [5.41, 5.74) is 0.381. The summed E-state index contributed by atoms with van der Waals surface area (Å²) < 4.78 is 55.5. The molecule has 6 nitrogen and oxygen atoms in total. The summed E-state index contributed by atoms with van der Waals surface area (Å²) >= 11 is 3.19. The number of ether oxygens (including phenoxy) is 1. The monoisotopic (exact) mass is 448 g/mol. The molecule has 0 aliphatic heterocycles. The molecule has 0 unspecified atom stereocenters. The molecule has 26 heavy (non-hydrogen) atoms. The van der Waals surface area contributed by atoms with Gasteiger partial charge >= 0.3 is 6.61 Å². The number of sulfonamides is 1. The maximum Gasteiger partial charge on any atom is 0.387 e. The van der Waals surface area contributed by atoms with E-state index in [-0.39, 0.29) is 23.6 Å². The topological polar surface area (TPSA) is 84.5 Å². The molecule has 0 saturated carbocycles. The number of rotatable bonds is 8. The number of hydrogen-bond acceptors (Lipinski definition) is 4. The quantitative estimate of drug-likeness (QED) is 0.648. The van der Waals surface area contributed by atoms with Gasteiger partial charge in [0.25, 0.3) is 0 Å². The fourth-order valence-electron chi connectivity index (χ4n) is 1.96. The highest BCUT2D eigenvalue weighted by atomic mass is 79.9. The number of halogens is 3. The van der Waals surface area contributed by atoms with Gasteiger partial charge < -0.3 is 10.1 Å². The number of nitrogens with one attached hydrogen (secondary N) is 2. The van der Waals surface area contributed by atoms with E-state index in [0.717, 1.165) is 0 Å². The molecule has 10 heteroatoms. The minimum absolute atomic E-state index is 0.0280. The molecule has 0 saturated heterocycles. The third-order valence-electron chi connectivity index (χ3n) is 3.11. The molecule has 0 aliphatic carbocycles. The zero-order chi connectivity index (χ0) is 19.2. The van der Waals surface area contributed by atoms with Crippen molar-refractivity contribution < 1.29 is 26.7 Å². The van der Waals surface area contributed by atoms with Gasteiger partial charge in [-0.2, -0.15) is 8.78 Å². The maximum atomic E-state index is 12.1. The van der Waals surface area contributed by atoms with Gasteiger partial charge in [0.2, 0.25) is 15.9 Å². The maximum absolute atomic E-state index is 12.1. The van der Waals surface area contributed by atoms with E-state index < -0.39 is 22.5 Å². The fraction of sp³-hybridized carbons (Fsp3) is 0.188. The van der Waals surface area contributed by atoms with E-state index in [9.17, 15) is 22.0 Å². The second kappa shape index (κ2) is 9.06. The smallest absolute Gasteiger partial charge is 0.387 e. The van der Waals surface area contributed by atoms with Crippen LogP contribution in [0.4, 0.5) is 14.5 Å². The standard InChI is InChI=1S/C16H15BrF2N2O4S/c17-11-2-1-3-14(10-11)26(23,24)20-9-8-15(22)21-12-4-6-13(7-5-12)25-16(18)19/h1-7,10,16,20H,8-9H2,(H,21,22). The normalized spacial score (nSPS) is 11.4. The van der Waals surface area contributed by atoms with Crippen molar-refractivity contribution in [2.24, 2.45) is 0 Å². The molecule has 2 N–H and O–H groups in total. The van der Waals surface area contributed by atoms with Crippen molar-refractivity contribution in [2.75, 3.05) is 11.9 Å². The Balaban J connectivity index is 1.83. The summed E-state index contributed by atoms with van der Waals surface area (Å²) in [5.74, 6) is -0.454. The van der Waals surface area contributed by atoms with Gasteiger partial charge in [0.05, 0.1) is 4.90 Å². The van der Waals surface area contributed by atoms with Crippen LogP contribution in [-0.4, -0.2) is 27.5 Å². The fourth-order valence-corrected chi connectivity index (χ4v) is 3.59. The average molecular weight is 449 g/mol. The molecular weight excluding hydrogens is 434 g/mol. The molecule has 2 rings (SSSR count). The first kappa shape index (κ1) is 20.3. The molecule has 0 heterocycles. The van der Waals surface area contributed by atoms with E-state index in [1.165, 1.54) is 36.4 Å². The van der Waals surface area contributed by atoms with Crippen molar-refractivity contribution in [1.82, 2.24) is 4.72 Å². The Morgan fingerprint density at radius 1 is 1.15 bits per heavy atom. The van der Waals surface area contributed by atoms with E-state index in [0.29, 0.717) is 10.2 Å². The third-order valence-corrected chi connectivity index (χ3v) is 5.07. The minimum Gasteiger partial charge on any atom is -0.435 e. The number of carbonyl (C=O) groups excluding carboxylic acids is 1. The Hall–Kier alpha value is -2.04. The molecule has 0 aromatic heterocycles. The van der Waals surface area contributed by atoms with Crippen LogP contribution in [0.1, 0.15) is 6.42 Å². The van der Waals surface area contributed by atoms with Crippen LogP contribution in [0.15, 0.2) is 57.9 Å². The summed E-state index contributed by atoms with van der Waals surface area (Å²) in [4.78, 5) is 11.9. The Morgan fingerprint density at radius 2 is 1.85 bits per heavy atom. The van der Waals surface area contributed by atoms with Gasteiger partial charge in [-0.25, -0.2) is 13.1 Å². The molecule has 0 aliphatic rings. The van der Waals surface area contributed by atoms with E-state index in [1.807, 2.05) is 0 Å². The molecule has 2 aromatic carbocycles. The predicted molar refractivity (Wildman–Crippen MR) is 95.7 cm³/mol. The van der Waals surface area contributed by atoms with Gasteiger partial charge in [-0.1, -0.05) is 22.0 Å². The Morgan fingerprint density at radius 3 is 2.46 bits per heavy atom. The van der Waals surface area contributed by atoms with Gasteiger partial charge in [-0.05, 0) is 42.5 Å². The molecule has 0 bridgehead atoms. The van der Waals surface area contributed by atoms with Crippen LogP contribution < -0.4 is 14.8 Å². The summed E-state index contributed by atoms with van der Waals surface area (Å²) in [5, 5.41) is 2.53. The first-order chi connectivity index (χ1) is 12.3. The number of alkyl halides is 2. The van der Waals surface area contributed by atoms with E-state index in [1.54, 1.807) is 12.1 Å². The Bertz CT molecular complexity index is 861. The second-order valence-corrected chi connectivity index (χ2v) is 7.74. The third kappa shape index (κ3) is 6.36. The molecule has 0 atom stereocenters. The van der Waals surface area contributed by atoms with Crippen molar-refractivity contribution in [3.63, 3.8) is 0 Å². The summed E-state index contributed by atoms with van der Waals surface area (Å²) in [6, 6.07) is 11.6. The lowest BCUT2D eigenvalue weighted by Crippen LogP contribution is -2.27. The summed E-state index contributed by atoms with van der Waals surface area (Å²) in [6.45, 7) is -3.01. The van der Waals surface area contributed by atoms with Crippen molar-refractivity contribution >= 4 is 37.5 Å². The molecule has 1 amide bonds. The highest BCUT2D eigenvalue weighted by molar-refractivity contribution is 9.10. The lowest BCUT2D eigenvalue weighted by Gasteiger charge is -2.09. The molecular formula is C16H15BrF2N2O4S. The highest BCUT2D eigenvalue weighted by Gasteiger charge is 2.14. The molecule has 2 aromatic rings. The predicted octanol–water partition coefficient (Wildman–Crippen LogP) is 3.36. The summed E-state index contributed by atoms with van der Waals surface area (Å²) in [7, 11) is -3.72. The van der Waals surface area contributed by atoms with Gasteiger partial charge in [-0.3, -0.25) is 4.79 Å². The van der Waals surface area contributed by atoms with Crippen molar-refractivity contribution in [3.05, 3.63) is 53.0 Å². The SMILES string of the molecule is O=C(CCNS(=O)(=O)c1cccc(Br)c1)Nc1ccc(OC(F)F)cc1. The second-order valence-electron chi connectivity index (χ2n) is 5.06. The van der Waals surface area contributed by atoms with Gasteiger partial charge in [-0.15, -0.1) is 0 Å². The van der Waals surface area contributed by atoms with E-state index >= 15 is 0 Å². The van der Waals surface area contributed by atoms with Crippen LogP contribution in [0.25, 0.3) is 0 Å². The van der Waals surface area contributed by atoms with Crippen LogP contribution >= 0.6 is 15.9 Å². The molecule has 0 radical (unpaired) electrons. The van der Waals surface area contributed by atoms with Crippen LogP contribution in [0.5, 0.6) is 5.75 Å². The van der Waals surface area contributed by atoms with Crippen molar-refractivity contribution in [3.8, 4) is 5.75 Å². The van der Waals surface area contributed by atoms with Gasteiger partial charge in [0.1, 0.15) is 5.75 Å².